The number of esters is 3. The molecule has 8 nitrogen and oxygen atoms in total. The standard InChI is InChI=1S/C21H17NO7/c1-11(23)27-14-8-9-17-18(10-14)22-21(29-13(3)25)19(26)15-6-4-5-7-16(15)20(17,21)28-12(2)24/h4-10,22H,1-3H3/t20-,21-/m0/s1. The third-order valence-electron chi connectivity index (χ3n) is 4.90. The first-order valence-electron chi connectivity index (χ1n) is 8.86. The van der Waals surface area contributed by atoms with Gasteiger partial charge in [0, 0.05) is 49.2 Å². The van der Waals surface area contributed by atoms with Crippen molar-refractivity contribution in [1.29, 1.82) is 0 Å². The Hall–Kier alpha value is -3.68. The van der Waals surface area contributed by atoms with Gasteiger partial charge in [-0.2, -0.15) is 0 Å². The molecule has 1 N–H and O–H groups in total. The number of fused-ring (bicyclic) bond motifs is 5. The average Bonchev–Trinajstić information content (AvgIpc) is 2.99. The summed E-state index contributed by atoms with van der Waals surface area (Å²) in [5.74, 6) is -2.24. The van der Waals surface area contributed by atoms with Crippen LogP contribution in [-0.4, -0.2) is 29.4 Å². The summed E-state index contributed by atoms with van der Waals surface area (Å²) in [5.41, 5.74) is -2.31. The zero-order valence-corrected chi connectivity index (χ0v) is 15.9. The Morgan fingerprint density at radius 1 is 0.862 bits per heavy atom. The summed E-state index contributed by atoms with van der Waals surface area (Å²) in [6.07, 6.45) is 0. The molecule has 2 aromatic rings. The summed E-state index contributed by atoms with van der Waals surface area (Å²) in [7, 11) is 0. The second-order valence-corrected chi connectivity index (χ2v) is 6.85. The molecule has 1 aliphatic heterocycles. The number of carbonyl (C=O) groups excluding carboxylic acids is 4. The molecule has 2 aliphatic rings. The first kappa shape index (κ1) is 18.7. The summed E-state index contributed by atoms with van der Waals surface area (Å²) in [6.45, 7) is 3.64. The third-order valence-corrected chi connectivity index (χ3v) is 4.90. The fourth-order valence-corrected chi connectivity index (χ4v) is 4.12. The molecule has 8 heteroatoms. The number of Topliss-reactive ketones (excluding diaryl/α,β-unsaturated/α-hetero) is 1. The Labute approximate surface area is 165 Å². The molecule has 2 atom stereocenters. The summed E-state index contributed by atoms with van der Waals surface area (Å²) in [5, 5.41) is 2.94. The number of benzene rings is 2. The van der Waals surface area contributed by atoms with E-state index in [4.69, 9.17) is 14.2 Å². The molecule has 148 valence electrons. The molecule has 0 unspecified atom stereocenters. The molecule has 0 bridgehead atoms. The molecular weight excluding hydrogens is 378 g/mol. The number of carbonyl (C=O) groups is 4. The predicted molar refractivity (Wildman–Crippen MR) is 99.2 cm³/mol. The Balaban J connectivity index is 2.03. The van der Waals surface area contributed by atoms with Gasteiger partial charge in [-0.3, -0.25) is 19.2 Å². The van der Waals surface area contributed by atoms with E-state index >= 15 is 0 Å². The van der Waals surface area contributed by atoms with Crippen LogP contribution in [-0.2, 0) is 29.5 Å². The van der Waals surface area contributed by atoms with E-state index in [2.05, 4.69) is 5.32 Å². The number of hydrogen-bond acceptors (Lipinski definition) is 8. The molecule has 0 saturated heterocycles. The van der Waals surface area contributed by atoms with Crippen molar-refractivity contribution in [2.45, 2.75) is 32.1 Å². The summed E-state index contributed by atoms with van der Waals surface area (Å²) >= 11 is 0. The van der Waals surface area contributed by atoms with Crippen molar-refractivity contribution in [3.63, 3.8) is 0 Å². The SMILES string of the molecule is CC(=O)Oc1ccc2c(c1)N[C@]1(OC(C)=O)C(=O)c3ccccc3[C@]21OC(C)=O. The Morgan fingerprint density at radius 2 is 1.55 bits per heavy atom. The van der Waals surface area contributed by atoms with Gasteiger partial charge in [-0.05, 0) is 12.1 Å². The monoisotopic (exact) mass is 395 g/mol. The minimum Gasteiger partial charge on any atom is -0.442 e. The molecule has 2 aromatic carbocycles. The molecule has 1 aliphatic carbocycles. The Kier molecular flexibility index (Phi) is 3.97. The quantitative estimate of drug-likeness (QED) is 0.623. The van der Waals surface area contributed by atoms with Gasteiger partial charge in [-0.1, -0.05) is 24.3 Å². The zero-order valence-electron chi connectivity index (χ0n) is 15.9. The summed E-state index contributed by atoms with van der Waals surface area (Å²) in [4.78, 5) is 48.9. The third kappa shape index (κ3) is 2.45. The van der Waals surface area contributed by atoms with Crippen LogP contribution in [0.15, 0.2) is 42.5 Å². The fourth-order valence-electron chi connectivity index (χ4n) is 4.12. The molecular formula is C21H17NO7. The molecule has 0 amide bonds. The molecule has 0 fully saturated rings. The van der Waals surface area contributed by atoms with Gasteiger partial charge in [0.25, 0.3) is 5.72 Å². The van der Waals surface area contributed by atoms with Crippen molar-refractivity contribution in [3.05, 3.63) is 59.2 Å². The predicted octanol–water partition coefficient (Wildman–Crippen LogP) is 2.30. The van der Waals surface area contributed by atoms with Crippen molar-refractivity contribution in [1.82, 2.24) is 0 Å². The minimum absolute atomic E-state index is 0.223. The van der Waals surface area contributed by atoms with Crippen LogP contribution in [0.25, 0.3) is 0 Å². The number of hydrogen-bond donors (Lipinski definition) is 1. The van der Waals surface area contributed by atoms with E-state index in [1.807, 2.05) is 0 Å². The maximum atomic E-state index is 13.4. The van der Waals surface area contributed by atoms with E-state index in [1.54, 1.807) is 30.3 Å². The molecule has 1 heterocycles. The van der Waals surface area contributed by atoms with E-state index in [-0.39, 0.29) is 11.3 Å². The van der Waals surface area contributed by atoms with E-state index < -0.39 is 35.0 Å². The molecule has 0 aromatic heterocycles. The van der Waals surface area contributed by atoms with E-state index in [0.29, 0.717) is 16.8 Å². The first-order chi connectivity index (χ1) is 13.7. The van der Waals surface area contributed by atoms with Crippen molar-refractivity contribution >= 4 is 29.4 Å². The summed E-state index contributed by atoms with van der Waals surface area (Å²) in [6, 6.07) is 11.2. The lowest BCUT2D eigenvalue weighted by Gasteiger charge is -2.37. The second-order valence-electron chi connectivity index (χ2n) is 6.85. The molecule has 0 saturated carbocycles. The van der Waals surface area contributed by atoms with Gasteiger partial charge >= 0.3 is 17.9 Å². The zero-order chi connectivity index (χ0) is 21.0. The maximum absolute atomic E-state index is 13.4. The fraction of sp³-hybridized carbons (Fsp3) is 0.238. The van der Waals surface area contributed by atoms with E-state index in [0.717, 1.165) is 0 Å². The van der Waals surface area contributed by atoms with E-state index in [9.17, 15) is 19.2 Å². The van der Waals surface area contributed by atoms with Crippen LogP contribution >= 0.6 is 0 Å². The number of ketones is 1. The van der Waals surface area contributed by atoms with Gasteiger partial charge in [0.1, 0.15) is 5.75 Å². The van der Waals surface area contributed by atoms with Crippen LogP contribution in [0, 0.1) is 0 Å². The van der Waals surface area contributed by atoms with Gasteiger partial charge in [0.2, 0.25) is 11.4 Å². The van der Waals surface area contributed by atoms with Crippen LogP contribution in [0.3, 0.4) is 0 Å². The number of rotatable bonds is 3. The smallest absolute Gasteiger partial charge is 0.308 e. The number of nitrogens with one attached hydrogen (secondary N) is 1. The van der Waals surface area contributed by atoms with Crippen molar-refractivity contribution in [2.75, 3.05) is 5.32 Å². The van der Waals surface area contributed by atoms with E-state index in [1.165, 1.54) is 32.9 Å². The van der Waals surface area contributed by atoms with Crippen LogP contribution in [0.2, 0.25) is 0 Å². The van der Waals surface area contributed by atoms with Crippen molar-refractivity contribution in [3.8, 4) is 5.75 Å². The van der Waals surface area contributed by atoms with Gasteiger partial charge in [-0.25, -0.2) is 0 Å². The van der Waals surface area contributed by atoms with Crippen LogP contribution in [0.1, 0.15) is 42.3 Å². The largest absolute Gasteiger partial charge is 0.442 e. The molecule has 29 heavy (non-hydrogen) atoms. The average molecular weight is 395 g/mol. The van der Waals surface area contributed by atoms with Gasteiger partial charge in [0.15, 0.2) is 0 Å². The van der Waals surface area contributed by atoms with Crippen LogP contribution in [0.4, 0.5) is 5.69 Å². The lowest BCUT2D eigenvalue weighted by Crippen LogP contribution is -2.58. The molecule has 0 spiro atoms. The highest BCUT2D eigenvalue weighted by Gasteiger charge is 2.74. The lowest BCUT2D eigenvalue weighted by molar-refractivity contribution is -0.184. The Bertz CT molecular complexity index is 1090. The van der Waals surface area contributed by atoms with Gasteiger partial charge in [-0.15, -0.1) is 0 Å². The second kappa shape index (κ2) is 6.16. The van der Waals surface area contributed by atoms with Gasteiger partial charge < -0.3 is 19.5 Å². The number of ether oxygens (including phenoxy) is 3. The highest BCUT2D eigenvalue weighted by Crippen LogP contribution is 2.59. The lowest BCUT2D eigenvalue weighted by atomic mass is 9.84. The first-order valence-corrected chi connectivity index (χ1v) is 8.86. The minimum atomic E-state index is -2.01. The highest BCUT2D eigenvalue weighted by atomic mass is 16.6. The van der Waals surface area contributed by atoms with Crippen molar-refractivity contribution < 1.29 is 33.4 Å². The molecule has 4 rings (SSSR count). The van der Waals surface area contributed by atoms with Crippen LogP contribution < -0.4 is 10.1 Å². The van der Waals surface area contributed by atoms with Crippen LogP contribution in [0.5, 0.6) is 5.75 Å². The maximum Gasteiger partial charge on any atom is 0.308 e. The van der Waals surface area contributed by atoms with Gasteiger partial charge in [0.05, 0.1) is 0 Å². The molecule has 0 radical (unpaired) electrons. The Morgan fingerprint density at radius 3 is 2.21 bits per heavy atom. The highest BCUT2D eigenvalue weighted by molar-refractivity contribution is 6.13. The normalized spacial score (nSPS) is 23.3. The topological polar surface area (TPSA) is 108 Å². The number of anilines is 1. The summed E-state index contributed by atoms with van der Waals surface area (Å²) < 4.78 is 16.4. The van der Waals surface area contributed by atoms with Crippen molar-refractivity contribution in [2.24, 2.45) is 0 Å².